The molecule has 2 amide bonds. The van der Waals surface area contributed by atoms with Crippen molar-refractivity contribution in [2.45, 2.75) is 63.8 Å². The van der Waals surface area contributed by atoms with Crippen molar-refractivity contribution in [2.75, 3.05) is 6.61 Å². The highest BCUT2D eigenvalue weighted by Gasteiger charge is 2.50. The van der Waals surface area contributed by atoms with Crippen LogP contribution in [0.5, 0.6) is 0 Å². The maximum Gasteiger partial charge on any atom is 0.408 e. The minimum Gasteiger partial charge on any atom is -0.445 e. The van der Waals surface area contributed by atoms with Gasteiger partial charge in [-0.05, 0) is 55.9 Å². The molecule has 1 saturated heterocycles. The smallest absolute Gasteiger partial charge is 0.408 e. The van der Waals surface area contributed by atoms with E-state index in [0.717, 1.165) is 27.6 Å². The van der Waals surface area contributed by atoms with Crippen LogP contribution in [0.4, 0.5) is 4.79 Å². The molecule has 9 nitrogen and oxygen atoms in total. The van der Waals surface area contributed by atoms with Crippen LogP contribution < -0.4 is 10.6 Å². The fourth-order valence-electron chi connectivity index (χ4n) is 5.40. The molecular formula is C36H39N3O6. The number of amides is 2. The van der Waals surface area contributed by atoms with Crippen LogP contribution in [0.2, 0.25) is 0 Å². The number of epoxide rings is 1. The molecule has 9 heteroatoms. The lowest BCUT2D eigenvalue weighted by molar-refractivity contribution is -0.134. The molecule has 4 atom stereocenters. The number of nitrogens with one attached hydrogen (secondary N) is 3. The van der Waals surface area contributed by atoms with Gasteiger partial charge in [-0.3, -0.25) is 14.4 Å². The highest BCUT2D eigenvalue weighted by molar-refractivity contribution is 5.98. The van der Waals surface area contributed by atoms with E-state index >= 15 is 0 Å². The highest BCUT2D eigenvalue weighted by Crippen LogP contribution is 2.30. The summed E-state index contributed by atoms with van der Waals surface area (Å²) in [5, 5.41) is 6.52. The van der Waals surface area contributed by atoms with E-state index in [1.807, 2.05) is 91.1 Å². The molecule has 0 bridgehead atoms. The molecule has 5 rings (SSSR count). The SMILES string of the molecule is C[C@H](NC(=O)OCc1ccccc1)C(=O)CC(Cc1c[nH]c2ccccc12)C(=O)N[C@@H](CCc1ccccc1)C(=O)[C@@]1(C)CO1. The van der Waals surface area contributed by atoms with Gasteiger partial charge in [-0.1, -0.05) is 78.9 Å². The number of aryl methyl sites for hydroxylation is 1. The third-order valence-electron chi connectivity index (χ3n) is 8.29. The fraction of sp³-hybridized carbons (Fsp3) is 0.333. The summed E-state index contributed by atoms with van der Waals surface area (Å²) in [6.45, 7) is 3.68. The first-order chi connectivity index (χ1) is 21.7. The van der Waals surface area contributed by atoms with Crippen molar-refractivity contribution in [1.29, 1.82) is 0 Å². The number of aromatic nitrogens is 1. The molecule has 0 saturated carbocycles. The van der Waals surface area contributed by atoms with E-state index in [1.54, 1.807) is 13.8 Å². The van der Waals surface area contributed by atoms with Gasteiger partial charge in [0.25, 0.3) is 0 Å². The Morgan fingerprint density at radius 3 is 2.24 bits per heavy atom. The molecule has 0 spiro atoms. The van der Waals surface area contributed by atoms with E-state index in [0.29, 0.717) is 19.4 Å². The van der Waals surface area contributed by atoms with Gasteiger partial charge in [-0.15, -0.1) is 0 Å². The lowest BCUT2D eigenvalue weighted by atomic mass is 9.89. The molecule has 4 aromatic rings. The molecule has 3 N–H and O–H groups in total. The van der Waals surface area contributed by atoms with E-state index in [2.05, 4.69) is 15.6 Å². The number of ether oxygens (including phenoxy) is 2. The van der Waals surface area contributed by atoms with E-state index in [9.17, 15) is 19.2 Å². The summed E-state index contributed by atoms with van der Waals surface area (Å²) in [5.41, 5.74) is 2.75. The van der Waals surface area contributed by atoms with Gasteiger partial charge >= 0.3 is 6.09 Å². The van der Waals surface area contributed by atoms with Crippen LogP contribution in [0.1, 0.15) is 43.4 Å². The first-order valence-electron chi connectivity index (χ1n) is 15.3. The standard InChI is InChI=1S/C36H39N3O6/c1-24(38-35(43)44-22-26-13-7-4-8-14-26)32(40)20-27(19-28-21-37-30-16-10-9-15-29(28)30)34(42)39-31(33(41)36(2)23-45-36)18-17-25-11-5-3-6-12-25/h3-16,21,24,27,31,37H,17-20,22-23H2,1-2H3,(H,38,43)(H,39,42)/t24-,27?,31-,36+/m0/s1. The Kier molecular flexibility index (Phi) is 10.1. The maximum absolute atomic E-state index is 13.9. The zero-order valence-corrected chi connectivity index (χ0v) is 25.6. The fourth-order valence-corrected chi connectivity index (χ4v) is 5.40. The molecule has 0 aliphatic carbocycles. The summed E-state index contributed by atoms with van der Waals surface area (Å²) >= 11 is 0. The first-order valence-corrected chi connectivity index (χ1v) is 15.3. The Morgan fingerprint density at radius 1 is 0.911 bits per heavy atom. The molecule has 3 aromatic carbocycles. The lowest BCUT2D eigenvalue weighted by Crippen LogP contribution is -2.49. The maximum atomic E-state index is 13.9. The number of carbonyl (C=O) groups is 4. The molecule has 2 heterocycles. The Labute approximate surface area is 262 Å². The zero-order chi connectivity index (χ0) is 31.8. The normalized spacial score (nSPS) is 17.6. The summed E-state index contributed by atoms with van der Waals surface area (Å²) in [7, 11) is 0. The number of Topliss-reactive ketones (excluding diaryl/α,β-unsaturated/α-hetero) is 2. The van der Waals surface area contributed by atoms with Crippen molar-refractivity contribution < 1.29 is 28.7 Å². The average Bonchev–Trinajstić information content (AvgIpc) is 3.69. The topological polar surface area (TPSA) is 130 Å². The monoisotopic (exact) mass is 609 g/mol. The number of carbonyl (C=O) groups excluding carboxylic acids is 4. The van der Waals surface area contributed by atoms with Crippen molar-refractivity contribution in [3.05, 3.63) is 108 Å². The third kappa shape index (κ3) is 8.45. The zero-order valence-electron chi connectivity index (χ0n) is 25.6. The minimum absolute atomic E-state index is 0.0697. The number of rotatable bonds is 15. The Bertz CT molecular complexity index is 1630. The Morgan fingerprint density at radius 2 is 1.56 bits per heavy atom. The number of hydrogen-bond donors (Lipinski definition) is 3. The van der Waals surface area contributed by atoms with Crippen LogP contribution in [-0.4, -0.2) is 52.8 Å². The van der Waals surface area contributed by atoms with Crippen LogP contribution in [0.25, 0.3) is 10.9 Å². The third-order valence-corrected chi connectivity index (χ3v) is 8.29. The van der Waals surface area contributed by atoms with Crippen molar-refractivity contribution in [1.82, 2.24) is 15.6 Å². The number of hydrogen-bond acceptors (Lipinski definition) is 6. The van der Waals surface area contributed by atoms with Crippen LogP contribution in [0.15, 0.2) is 91.1 Å². The van der Waals surface area contributed by atoms with Crippen LogP contribution in [-0.2, 0) is 43.3 Å². The second-order valence-electron chi connectivity index (χ2n) is 11.8. The summed E-state index contributed by atoms with van der Waals surface area (Å²) < 4.78 is 10.7. The minimum atomic E-state index is -0.921. The number of para-hydroxylation sites is 1. The van der Waals surface area contributed by atoms with Crippen LogP contribution in [0.3, 0.4) is 0 Å². The van der Waals surface area contributed by atoms with Gasteiger partial charge in [0, 0.05) is 29.4 Å². The average molecular weight is 610 g/mol. The van der Waals surface area contributed by atoms with Gasteiger partial charge in [-0.25, -0.2) is 4.79 Å². The van der Waals surface area contributed by atoms with E-state index in [-0.39, 0.29) is 31.0 Å². The molecule has 1 aliphatic rings. The van der Waals surface area contributed by atoms with Gasteiger partial charge in [0.15, 0.2) is 11.6 Å². The first kappa shape index (κ1) is 31.7. The molecule has 234 valence electrons. The molecule has 45 heavy (non-hydrogen) atoms. The molecule has 1 fully saturated rings. The molecule has 1 aromatic heterocycles. The van der Waals surface area contributed by atoms with Crippen LogP contribution in [0, 0.1) is 5.92 Å². The predicted octanol–water partition coefficient (Wildman–Crippen LogP) is 5.08. The largest absolute Gasteiger partial charge is 0.445 e. The van der Waals surface area contributed by atoms with Crippen LogP contribution >= 0.6 is 0 Å². The second-order valence-corrected chi connectivity index (χ2v) is 11.8. The Hall–Kier alpha value is -4.76. The number of alkyl carbamates (subject to hydrolysis) is 1. The highest BCUT2D eigenvalue weighted by atomic mass is 16.6. The molecule has 1 unspecified atom stereocenters. The van der Waals surface area contributed by atoms with Gasteiger partial charge < -0.3 is 25.1 Å². The van der Waals surface area contributed by atoms with E-state index < -0.39 is 35.6 Å². The molecular weight excluding hydrogens is 570 g/mol. The van der Waals surface area contributed by atoms with Gasteiger partial charge in [0.1, 0.15) is 12.2 Å². The molecule has 0 radical (unpaired) electrons. The number of ketones is 2. The lowest BCUT2D eigenvalue weighted by Gasteiger charge is -2.24. The van der Waals surface area contributed by atoms with E-state index in [4.69, 9.17) is 9.47 Å². The van der Waals surface area contributed by atoms with E-state index in [1.165, 1.54) is 0 Å². The quantitative estimate of drug-likeness (QED) is 0.161. The second kappa shape index (κ2) is 14.3. The summed E-state index contributed by atoms with van der Waals surface area (Å²) in [6.07, 6.45) is 2.23. The van der Waals surface area contributed by atoms with Gasteiger partial charge in [-0.2, -0.15) is 0 Å². The van der Waals surface area contributed by atoms with Crippen molar-refractivity contribution in [2.24, 2.45) is 5.92 Å². The number of H-pyrrole nitrogens is 1. The predicted molar refractivity (Wildman–Crippen MR) is 170 cm³/mol. The van der Waals surface area contributed by atoms with Crippen molar-refractivity contribution in [3.8, 4) is 0 Å². The summed E-state index contributed by atoms with van der Waals surface area (Å²) in [6, 6.07) is 25.1. The number of fused-ring (bicyclic) bond motifs is 1. The molecule has 1 aliphatic heterocycles. The van der Waals surface area contributed by atoms with Gasteiger partial charge in [0.2, 0.25) is 5.91 Å². The van der Waals surface area contributed by atoms with Crippen molar-refractivity contribution in [3.63, 3.8) is 0 Å². The number of aromatic amines is 1. The van der Waals surface area contributed by atoms with Gasteiger partial charge in [0.05, 0.1) is 18.7 Å². The van der Waals surface area contributed by atoms with Crippen molar-refractivity contribution >= 4 is 34.5 Å². The summed E-state index contributed by atoms with van der Waals surface area (Å²) in [4.78, 5) is 56.5. The summed E-state index contributed by atoms with van der Waals surface area (Å²) in [5.74, 6) is -1.69. The Balaban J connectivity index is 1.29. The number of benzene rings is 3.